The first kappa shape index (κ1) is 18.9. The van der Waals surface area contributed by atoms with Crippen LogP contribution >= 0.6 is 0 Å². The van der Waals surface area contributed by atoms with Gasteiger partial charge in [0, 0.05) is 31.7 Å². The third-order valence-electron chi connectivity index (χ3n) is 6.70. The largest absolute Gasteiger partial charge is 0.338 e. The second-order valence-electron chi connectivity index (χ2n) is 8.44. The van der Waals surface area contributed by atoms with Gasteiger partial charge in [0.05, 0.1) is 4.90 Å². The lowest BCUT2D eigenvalue weighted by Gasteiger charge is -2.41. The number of aryl methyl sites for hydroxylation is 1. The van der Waals surface area contributed by atoms with Crippen molar-refractivity contribution in [2.45, 2.75) is 56.8 Å². The molecule has 0 bridgehead atoms. The van der Waals surface area contributed by atoms with Crippen LogP contribution in [0.25, 0.3) is 0 Å². The third-order valence-corrected chi connectivity index (χ3v) is 8.74. The molecule has 148 valence electrons. The van der Waals surface area contributed by atoms with Gasteiger partial charge >= 0.3 is 0 Å². The maximum atomic E-state index is 13.1. The van der Waals surface area contributed by atoms with E-state index in [0.29, 0.717) is 35.0 Å². The van der Waals surface area contributed by atoms with Gasteiger partial charge in [0.2, 0.25) is 10.0 Å². The van der Waals surface area contributed by atoms with Gasteiger partial charge in [-0.3, -0.25) is 4.79 Å². The number of hydrogen-bond acceptors (Lipinski definition) is 3. The average Bonchev–Trinajstić information content (AvgIpc) is 3.23. The lowest BCUT2D eigenvalue weighted by molar-refractivity contribution is 0.0520. The lowest BCUT2D eigenvalue weighted by atomic mass is 9.75. The predicted octanol–water partition coefficient (Wildman–Crippen LogP) is 3.43. The van der Waals surface area contributed by atoms with Crippen LogP contribution in [-0.4, -0.2) is 49.7 Å². The van der Waals surface area contributed by atoms with E-state index >= 15 is 0 Å². The Morgan fingerprint density at radius 1 is 0.963 bits per heavy atom. The van der Waals surface area contributed by atoms with Gasteiger partial charge in [-0.25, -0.2) is 8.42 Å². The molecule has 1 aromatic rings. The first-order chi connectivity index (χ1) is 13.0. The second kappa shape index (κ2) is 7.55. The van der Waals surface area contributed by atoms with Crippen LogP contribution in [0.1, 0.15) is 60.9 Å². The van der Waals surface area contributed by atoms with E-state index in [1.165, 1.54) is 25.7 Å². The van der Waals surface area contributed by atoms with Crippen molar-refractivity contribution in [3.05, 3.63) is 29.3 Å². The molecule has 2 heterocycles. The van der Waals surface area contributed by atoms with E-state index in [9.17, 15) is 13.2 Å². The maximum Gasteiger partial charge on any atom is 0.253 e. The molecule has 6 heteroatoms. The van der Waals surface area contributed by atoms with Crippen molar-refractivity contribution in [3.8, 4) is 0 Å². The molecule has 1 aliphatic carbocycles. The molecule has 0 spiro atoms. The molecular weight excluding hydrogens is 360 g/mol. The number of hydrogen-bond donors (Lipinski definition) is 0. The number of benzene rings is 1. The topological polar surface area (TPSA) is 57.7 Å². The molecule has 0 N–H and O–H groups in total. The zero-order valence-corrected chi connectivity index (χ0v) is 17.0. The fourth-order valence-corrected chi connectivity index (χ4v) is 6.81. The highest BCUT2D eigenvalue weighted by Crippen LogP contribution is 2.36. The van der Waals surface area contributed by atoms with Gasteiger partial charge in [-0.2, -0.15) is 4.31 Å². The Balaban J connectivity index is 1.56. The summed E-state index contributed by atoms with van der Waals surface area (Å²) >= 11 is 0. The Morgan fingerprint density at radius 3 is 2.41 bits per heavy atom. The standard InChI is InChI=1S/C21H30N2O3S/c1-16-8-9-18(14-20(16)27(25,26)23-11-4-5-12-23)21(24)22-13-10-17-6-2-3-7-19(17)15-22/h8-9,14,17,19H,2-7,10-13,15H2,1H3/t17-,19+/m0/s1. The average molecular weight is 391 g/mol. The van der Waals surface area contributed by atoms with E-state index in [-0.39, 0.29) is 5.91 Å². The van der Waals surface area contributed by atoms with Crippen molar-refractivity contribution in [2.75, 3.05) is 26.2 Å². The Bertz CT molecular complexity index is 815. The summed E-state index contributed by atoms with van der Waals surface area (Å²) in [6.07, 6.45) is 8.02. The van der Waals surface area contributed by atoms with Crippen LogP contribution in [0.4, 0.5) is 0 Å². The fourth-order valence-electron chi connectivity index (χ4n) is 5.05. The first-order valence-corrected chi connectivity index (χ1v) is 11.8. The molecule has 0 unspecified atom stereocenters. The van der Waals surface area contributed by atoms with Crippen LogP contribution in [0.2, 0.25) is 0 Å². The van der Waals surface area contributed by atoms with Crippen LogP contribution < -0.4 is 0 Å². The molecule has 2 atom stereocenters. The highest BCUT2D eigenvalue weighted by atomic mass is 32.2. The molecule has 1 aromatic carbocycles. The summed E-state index contributed by atoms with van der Waals surface area (Å²) in [4.78, 5) is 15.3. The summed E-state index contributed by atoms with van der Waals surface area (Å²) in [6.45, 7) is 4.59. The van der Waals surface area contributed by atoms with Gasteiger partial charge in [-0.1, -0.05) is 25.3 Å². The van der Waals surface area contributed by atoms with Crippen molar-refractivity contribution < 1.29 is 13.2 Å². The van der Waals surface area contributed by atoms with Gasteiger partial charge in [-0.15, -0.1) is 0 Å². The number of likely N-dealkylation sites (tertiary alicyclic amines) is 1. The Kier molecular flexibility index (Phi) is 5.30. The third kappa shape index (κ3) is 3.66. The summed E-state index contributed by atoms with van der Waals surface area (Å²) in [5.74, 6) is 1.37. The highest BCUT2D eigenvalue weighted by Gasteiger charge is 2.34. The molecule has 5 nitrogen and oxygen atoms in total. The van der Waals surface area contributed by atoms with E-state index in [0.717, 1.165) is 38.3 Å². The van der Waals surface area contributed by atoms with Gasteiger partial charge in [0.25, 0.3) is 5.91 Å². The van der Waals surface area contributed by atoms with Gasteiger partial charge in [0.1, 0.15) is 0 Å². The zero-order valence-electron chi connectivity index (χ0n) is 16.2. The lowest BCUT2D eigenvalue weighted by Crippen LogP contribution is -2.44. The summed E-state index contributed by atoms with van der Waals surface area (Å²) in [5, 5.41) is 0. The molecular formula is C21H30N2O3S. The Hall–Kier alpha value is -1.40. The first-order valence-electron chi connectivity index (χ1n) is 10.4. The fraction of sp³-hybridized carbons (Fsp3) is 0.667. The molecule has 27 heavy (non-hydrogen) atoms. The summed E-state index contributed by atoms with van der Waals surface area (Å²) < 4.78 is 27.5. The van der Waals surface area contributed by atoms with Crippen LogP contribution in [-0.2, 0) is 10.0 Å². The minimum Gasteiger partial charge on any atom is -0.338 e. The van der Waals surface area contributed by atoms with Crippen molar-refractivity contribution >= 4 is 15.9 Å². The molecule has 2 saturated heterocycles. The van der Waals surface area contributed by atoms with Crippen molar-refractivity contribution in [3.63, 3.8) is 0 Å². The van der Waals surface area contributed by atoms with E-state index in [4.69, 9.17) is 0 Å². The quantitative estimate of drug-likeness (QED) is 0.794. The van der Waals surface area contributed by atoms with Crippen LogP contribution in [0.15, 0.2) is 23.1 Å². The molecule has 2 aliphatic heterocycles. The number of sulfonamides is 1. The molecule has 1 saturated carbocycles. The van der Waals surface area contributed by atoms with E-state index < -0.39 is 10.0 Å². The summed E-state index contributed by atoms with van der Waals surface area (Å²) in [7, 11) is -3.51. The maximum absolute atomic E-state index is 13.1. The SMILES string of the molecule is Cc1ccc(C(=O)N2CC[C@@H]3CCCC[C@@H]3C2)cc1S(=O)(=O)N1CCCC1. The number of rotatable bonds is 3. The molecule has 3 fully saturated rings. The van der Waals surface area contributed by atoms with E-state index in [2.05, 4.69) is 0 Å². The van der Waals surface area contributed by atoms with Gasteiger partial charge in [0.15, 0.2) is 0 Å². The number of carbonyl (C=O) groups is 1. The van der Waals surface area contributed by atoms with Crippen molar-refractivity contribution in [1.29, 1.82) is 0 Å². The predicted molar refractivity (Wildman–Crippen MR) is 105 cm³/mol. The number of amides is 1. The number of nitrogens with zero attached hydrogens (tertiary/aromatic N) is 2. The summed E-state index contributed by atoms with van der Waals surface area (Å²) in [5.41, 5.74) is 1.22. The number of carbonyl (C=O) groups excluding carboxylic acids is 1. The van der Waals surface area contributed by atoms with Crippen LogP contribution in [0.5, 0.6) is 0 Å². The zero-order chi connectivity index (χ0) is 19.0. The molecule has 3 aliphatic rings. The Labute approximate surface area is 162 Å². The van der Waals surface area contributed by atoms with Crippen molar-refractivity contribution in [2.24, 2.45) is 11.8 Å². The highest BCUT2D eigenvalue weighted by molar-refractivity contribution is 7.89. The minimum atomic E-state index is -3.51. The number of piperidine rings is 1. The smallest absolute Gasteiger partial charge is 0.253 e. The number of fused-ring (bicyclic) bond motifs is 1. The second-order valence-corrected chi connectivity index (χ2v) is 10.3. The van der Waals surface area contributed by atoms with Crippen LogP contribution in [0, 0.1) is 18.8 Å². The molecule has 0 aromatic heterocycles. The molecule has 1 amide bonds. The molecule has 4 rings (SSSR count). The van der Waals surface area contributed by atoms with Crippen molar-refractivity contribution in [1.82, 2.24) is 9.21 Å². The monoisotopic (exact) mass is 390 g/mol. The summed E-state index contributed by atoms with van der Waals surface area (Å²) in [6, 6.07) is 5.18. The van der Waals surface area contributed by atoms with E-state index in [1.54, 1.807) is 22.5 Å². The Morgan fingerprint density at radius 2 is 1.67 bits per heavy atom. The minimum absolute atomic E-state index is 0.0168. The van der Waals surface area contributed by atoms with Crippen LogP contribution in [0.3, 0.4) is 0 Å². The van der Waals surface area contributed by atoms with Gasteiger partial charge < -0.3 is 4.90 Å². The van der Waals surface area contributed by atoms with E-state index in [1.807, 2.05) is 11.8 Å². The normalized spacial score (nSPS) is 26.8. The van der Waals surface area contributed by atoms with Gasteiger partial charge in [-0.05, 0) is 62.1 Å². The molecule has 0 radical (unpaired) electrons.